The second kappa shape index (κ2) is 10.4. The molecule has 0 bridgehead atoms. The third-order valence-corrected chi connectivity index (χ3v) is 6.33. The summed E-state index contributed by atoms with van der Waals surface area (Å²) in [4.78, 5) is 36.7. The van der Waals surface area contributed by atoms with Gasteiger partial charge in [0.1, 0.15) is 12.1 Å². The number of nitrogens with one attached hydrogen (secondary N) is 2. The Kier molecular flexibility index (Phi) is 6.66. The van der Waals surface area contributed by atoms with Crippen molar-refractivity contribution in [3.63, 3.8) is 0 Å². The lowest BCUT2D eigenvalue weighted by atomic mass is 10.0. The molecule has 1 aliphatic rings. The van der Waals surface area contributed by atoms with E-state index in [-0.39, 0.29) is 17.3 Å². The van der Waals surface area contributed by atoms with Gasteiger partial charge in [0, 0.05) is 37.4 Å². The third kappa shape index (κ3) is 4.92. The second-order valence-electron chi connectivity index (χ2n) is 8.43. The minimum absolute atomic E-state index is 0.0822. The van der Waals surface area contributed by atoms with Crippen LogP contribution >= 0.6 is 0 Å². The number of amides is 1. The first-order valence-corrected chi connectivity index (χ1v) is 11.7. The molecule has 0 radical (unpaired) electrons. The molecule has 0 unspecified atom stereocenters. The summed E-state index contributed by atoms with van der Waals surface area (Å²) in [5.74, 6) is 0.475. The molecule has 11 heteroatoms. The number of anilines is 3. The van der Waals surface area contributed by atoms with Gasteiger partial charge in [-0.05, 0) is 41.1 Å². The molecule has 0 atom stereocenters. The van der Waals surface area contributed by atoms with Crippen molar-refractivity contribution in [1.29, 1.82) is 0 Å². The molecular formula is C26H25N7O4. The van der Waals surface area contributed by atoms with Crippen molar-refractivity contribution >= 4 is 39.7 Å². The van der Waals surface area contributed by atoms with Crippen molar-refractivity contribution in [2.75, 3.05) is 48.5 Å². The Morgan fingerprint density at radius 3 is 2.38 bits per heavy atom. The summed E-state index contributed by atoms with van der Waals surface area (Å²) in [5, 5.41) is 13.7. The normalized spacial score (nSPS) is 13.3. The maximum Gasteiger partial charge on any atom is 0.355 e. The van der Waals surface area contributed by atoms with E-state index in [0.717, 1.165) is 22.2 Å². The maximum absolute atomic E-state index is 12.9. The highest BCUT2D eigenvalue weighted by Gasteiger charge is 2.29. The van der Waals surface area contributed by atoms with Crippen LogP contribution in [0.25, 0.3) is 10.8 Å². The molecule has 1 fully saturated rings. The van der Waals surface area contributed by atoms with E-state index in [1.165, 1.54) is 6.33 Å². The van der Waals surface area contributed by atoms with Gasteiger partial charge in [0.25, 0.3) is 5.91 Å². The van der Waals surface area contributed by atoms with E-state index in [4.69, 9.17) is 4.74 Å². The van der Waals surface area contributed by atoms with Gasteiger partial charge >= 0.3 is 5.69 Å². The monoisotopic (exact) mass is 499 g/mol. The van der Waals surface area contributed by atoms with Gasteiger partial charge in [-0.3, -0.25) is 25.8 Å². The van der Waals surface area contributed by atoms with Crippen molar-refractivity contribution < 1.29 is 14.5 Å². The van der Waals surface area contributed by atoms with Crippen LogP contribution in [0, 0.1) is 10.1 Å². The lowest BCUT2D eigenvalue weighted by Crippen LogP contribution is -2.47. The number of piperazine rings is 1. The summed E-state index contributed by atoms with van der Waals surface area (Å²) in [6.45, 7) is 2.39. The fourth-order valence-corrected chi connectivity index (χ4v) is 4.44. The van der Waals surface area contributed by atoms with Gasteiger partial charge in [0.05, 0.1) is 12.0 Å². The minimum Gasteiger partial charge on any atom is -0.497 e. The fraction of sp³-hybridized carbons (Fsp3) is 0.192. The summed E-state index contributed by atoms with van der Waals surface area (Å²) in [7, 11) is 1.63. The molecule has 0 saturated carbocycles. The Labute approximate surface area is 212 Å². The largest absolute Gasteiger partial charge is 0.497 e. The highest BCUT2D eigenvalue weighted by Crippen LogP contribution is 2.32. The van der Waals surface area contributed by atoms with Crippen LogP contribution in [0.2, 0.25) is 0 Å². The molecule has 3 aromatic carbocycles. The highest BCUT2D eigenvalue weighted by molar-refractivity contribution is 6.07. The molecule has 5 rings (SSSR count). The van der Waals surface area contributed by atoms with Crippen molar-refractivity contribution in [2.24, 2.45) is 0 Å². The van der Waals surface area contributed by atoms with Gasteiger partial charge in [-0.2, -0.15) is 0 Å². The molecule has 11 nitrogen and oxygen atoms in total. The first-order valence-electron chi connectivity index (χ1n) is 11.7. The zero-order valence-electron chi connectivity index (χ0n) is 20.1. The van der Waals surface area contributed by atoms with E-state index in [2.05, 4.69) is 25.7 Å². The number of carbonyl (C=O) groups excluding carboxylic acids is 1. The van der Waals surface area contributed by atoms with Crippen LogP contribution in [-0.4, -0.2) is 54.1 Å². The number of rotatable bonds is 7. The standard InChI is InChI=1S/C26H25N7O4/c1-37-20-11-9-19(10-12-20)31-13-15-32(16-14-31)25-23(33(35)36)24(27-17-28-25)29-30-26(34)22-8-4-6-18-5-2-3-7-21(18)22/h2-12,17H,13-16H2,1H3,(H,30,34)(H,27,28,29). The quantitative estimate of drug-likeness (QED) is 0.290. The number of carbonyl (C=O) groups is 1. The first-order chi connectivity index (χ1) is 18.0. The number of aromatic nitrogens is 2. The average Bonchev–Trinajstić information content (AvgIpc) is 2.95. The predicted octanol–water partition coefficient (Wildman–Crippen LogP) is 3.63. The SMILES string of the molecule is COc1ccc(N2CCN(c3ncnc(NNC(=O)c4cccc5ccccc45)c3[N+](=O)[O-])CC2)cc1. The Balaban J connectivity index is 1.31. The van der Waals surface area contributed by atoms with Gasteiger partial charge in [-0.1, -0.05) is 36.4 Å². The second-order valence-corrected chi connectivity index (χ2v) is 8.43. The molecule has 1 aliphatic heterocycles. The van der Waals surface area contributed by atoms with Crippen LogP contribution in [0.5, 0.6) is 5.75 Å². The van der Waals surface area contributed by atoms with E-state index >= 15 is 0 Å². The molecule has 188 valence electrons. The highest BCUT2D eigenvalue weighted by atomic mass is 16.6. The smallest absolute Gasteiger partial charge is 0.355 e. The summed E-state index contributed by atoms with van der Waals surface area (Å²) in [5.41, 5.74) is 6.39. The number of benzene rings is 3. The molecule has 1 aromatic heterocycles. The summed E-state index contributed by atoms with van der Waals surface area (Å²) >= 11 is 0. The molecular weight excluding hydrogens is 474 g/mol. The van der Waals surface area contributed by atoms with Gasteiger partial charge in [-0.15, -0.1) is 0 Å². The van der Waals surface area contributed by atoms with Crippen molar-refractivity contribution in [3.05, 3.63) is 88.7 Å². The number of fused-ring (bicyclic) bond motifs is 1. The summed E-state index contributed by atoms with van der Waals surface area (Å²) in [6.07, 6.45) is 1.25. The van der Waals surface area contributed by atoms with E-state index in [0.29, 0.717) is 31.7 Å². The lowest BCUT2D eigenvalue weighted by Gasteiger charge is -2.36. The average molecular weight is 500 g/mol. The van der Waals surface area contributed by atoms with Crippen LogP contribution in [0.4, 0.5) is 23.0 Å². The zero-order valence-corrected chi connectivity index (χ0v) is 20.1. The molecule has 1 saturated heterocycles. The topological polar surface area (TPSA) is 126 Å². The molecule has 1 amide bonds. The van der Waals surface area contributed by atoms with Gasteiger partial charge in [0.15, 0.2) is 0 Å². The molecule has 2 heterocycles. The van der Waals surface area contributed by atoms with Gasteiger partial charge < -0.3 is 14.5 Å². The van der Waals surface area contributed by atoms with Crippen molar-refractivity contribution in [2.45, 2.75) is 0 Å². The zero-order chi connectivity index (χ0) is 25.8. The van der Waals surface area contributed by atoms with Crippen LogP contribution in [-0.2, 0) is 0 Å². The molecule has 4 aromatic rings. The van der Waals surface area contributed by atoms with E-state index in [9.17, 15) is 14.9 Å². The fourth-order valence-electron chi connectivity index (χ4n) is 4.44. The summed E-state index contributed by atoms with van der Waals surface area (Å²) < 4.78 is 5.22. The molecule has 0 aliphatic carbocycles. The number of ether oxygens (including phenoxy) is 1. The van der Waals surface area contributed by atoms with Crippen LogP contribution in [0.3, 0.4) is 0 Å². The number of hydrazine groups is 1. The number of hydrogen-bond donors (Lipinski definition) is 2. The van der Waals surface area contributed by atoms with E-state index in [1.54, 1.807) is 19.2 Å². The van der Waals surface area contributed by atoms with E-state index in [1.807, 2.05) is 59.5 Å². The predicted molar refractivity (Wildman–Crippen MR) is 141 cm³/mol. The Morgan fingerprint density at radius 2 is 1.65 bits per heavy atom. The van der Waals surface area contributed by atoms with Crippen molar-refractivity contribution in [1.82, 2.24) is 15.4 Å². The Morgan fingerprint density at radius 1 is 0.946 bits per heavy atom. The summed E-state index contributed by atoms with van der Waals surface area (Å²) in [6, 6.07) is 20.7. The molecule has 37 heavy (non-hydrogen) atoms. The van der Waals surface area contributed by atoms with Crippen LogP contribution in [0.15, 0.2) is 73.1 Å². The number of methoxy groups -OCH3 is 1. The van der Waals surface area contributed by atoms with Crippen molar-refractivity contribution in [3.8, 4) is 5.75 Å². The number of hydrogen-bond acceptors (Lipinski definition) is 9. The maximum atomic E-state index is 12.9. The third-order valence-electron chi connectivity index (χ3n) is 6.33. The van der Waals surface area contributed by atoms with Crippen LogP contribution < -0.4 is 25.4 Å². The number of nitro groups is 1. The van der Waals surface area contributed by atoms with Gasteiger partial charge in [-0.25, -0.2) is 9.97 Å². The van der Waals surface area contributed by atoms with Gasteiger partial charge in [0.2, 0.25) is 11.6 Å². The molecule has 0 spiro atoms. The molecule has 2 N–H and O–H groups in total. The van der Waals surface area contributed by atoms with E-state index < -0.39 is 10.8 Å². The Bertz CT molecular complexity index is 1430. The Hall–Kier alpha value is -4.93. The first kappa shape index (κ1) is 23.8. The minimum atomic E-state index is -0.530. The number of nitrogens with zero attached hydrogens (tertiary/aromatic N) is 5. The lowest BCUT2D eigenvalue weighted by molar-refractivity contribution is -0.383. The van der Waals surface area contributed by atoms with Crippen LogP contribution in [0.1, 0.15) is 10.4 Å².